The molecule has 0 bridgehead atoms. The van der Waals surface area contributed by atoms with Crippen LogP contribution in [-0.4, -0.2) is 46.1 Å². The van der Waals surface area contributed by atoms with Gasteiger partial charge >= 0.3 is 5.97 Å². The number of halogens is 2. The van der Waals surface area contributed by atoms with Crippen molar-refractivity contribution >= 4 is 46.2 Å². The van der Waals surface area contributed by atoms with Crippen molar-refractivity contribution in [3.63, 3.8) is 0 Å². The number of hydrogen-bond acceptors (Lipinski definition) is 4. The summed E-state index contributed by atoms with van der Waals surface area (Å²) < 4.78 is 15.3. The van der Waals surface area contributed by atoms with E-state index in [0.29, 0.717) is 29.6 Å². The van der Waals surface area contributed by atoms with Crippen LogP contribution in [0.4, 0.5) is 5.69 Å². The zero-order valence-corrected chi connectivity index (χ0v) is 18.1. The van der Waals surface area contributed by atoms with Crippen LogP contribution >= 0.6 is 23.2 Å². The van der Waals surface area contributed by atoms with Crippen molar-refractivity contribution in [1.82, 2.24) is 4.31 Å². The van der Waals surface area contributed by atoms with E-state index in [1.807, 2.05) is 34.6 Å². The highest BCUT2D eigenvalue weighted by Crippen LogP contribution is 2.35. The van der Waals surface area contributed by atoms with Crippen molar-refractivity contribution in [3.8, 4) is 0 Å². The molecular weight excluding hydrogens is 431 g/mol. The third-order valence-corrected chi connectivity index (χ3v) is 7.96. The summed E-state index contributed by atoms with van der Waals surface area (Å²) >= 11 is 10.9. The Morgan fingerprint density at radius 2 is 1.86 bits per heavy atom. The largest absolute Gasteiger partial charge is 0.593 e. The molecule has 2 aromatic rings. The van der Waals surface area contributed by atoms with E-state index < -0.39 is 17.3 Å². The predicted octanol–water partition coefficient (Wildman–Crippen LogP) is 4.03. The van der Waals surface area contributed by atoms with Gasteiger partial charge in [-0.3, -0.25) is 4.79 Å². The Labute approximate surface area is 183 Å². The Morgan fingerprint density at radius 1 is 1.10 bits per heavy atom. The molecule has 1 aliphatic heterocycles. The molecule has 29 heavy (non-hydrogen) atoms. The highest BCUT2D eigenvalue weighted by molar-refractivity contribution is 7.89. The SMILES string of the molecule is O=C(O)CC1Cc2cccc([S+]([O-])N3CCN(c4ccc(Cl)c(Cl)c4)CC3)c2C1. The van der Waals surface area contributed by atoms with Crippen molar-refractivity contribution in [2.45, 2.75) is 24.2 Å². The van der Waals surface area contributed by atoms with Crippen LogP contribution in [0.3, 0.4) is 0 Å². The molecule has 1 N–H and O–H groups in total. The minimum absolute atomic E-state index is 0.0900. The predicted molar refractivity (Wildman–Crippen MR) is 116 cm³/mol. The third kappa shape index (κ3) is 4.52. The molecule has 1 aliphatic carbocycles. The van der Waals surface area contributed by atoms with Gasteiger partial charge in [0, 0.05) is 30.8 Å². The molecule has 0 amide bonds. The van der Waals surface area contributed by atoms with Crippen LogP contribution in [-0.2, 0) is 29.0 Å². The molecule has 0 radical (unpaired) electrons. The van der Waals surface area contributed by atoms with Crippen molar-refractivity contribution < 1.29 is 14.5 Å². The second-order valence-electron chi connectivity index (χ2n) is 7.53. The number of carbonyl (C=O) groups is 1. The van der Waals surface area contributed by atoms with Gasteiger partial charge in [0.15, 0.2) is 4.90 Å². The van der Waals surface area contributed by atoms with E-state index in [2.05, 4.69) is 4.90 Å². The molecule has 4 rings (SSSR count). The highest BCUT2D eigenvalue weighted by Gasteiger charge is 2.34. The number of carboxylic acid groups (broad SMARTS) is 1. The van der Waals surface area contributed by atoms with E-state index in [9.17, 15) is 9.35 Å². The highest BCUT2D eigenvalue weighted by atomic mass is 35.5. The average molecular weight is 453 g/mol. The molecule has 0 aromatic heterocycles. The molecule has 154 valence electrons. The van der Waals surface area contributed by atoms with Crippen LogP contribution in [0.5, 0.6) is 0 Å². The molecule has 0 spiro atoms. The summed E-state index contributed by atoms with van der Waals surface area (Å²) in [6, 6.07) is 11.5. The number of fused-ring (bicyclic) bond motifs is 1. The molecule has 8 heteroatoms. The number of benzene rings is 2. The minimum atomic E-state index is -1.25. The Bertz CT molecular complexity index is 919. The fourth-order valence-corrected chi connectivity index (χ4v) is 5.88. The standard InChI is InChI=1S/C21H22Cl2N2O3S/c22-18-5-4-16(13-19(18)23)24-6-8-25(9-7-24)29(28)20-3-1-2-15-10-14(11-17(15)20)12-21(26)27/h1-5,13-14H,6-12H2,(H,26,27). The van der Waals surface area contributed by atoms with Gasteiger partial charge < -0.3 is 14.6 Å². The van der Waals surface area contributed by atoms with Gasteiger partial charge in [-0.25, -0.2) is 0 Å². The van der Waals surface area contributed by atoms with E-state index in [4.69, 9.17) is 28.3 Å². The normalized spacial score (nSPS) is 20.5. The fourth-order valence-electron chi connectivity index (χ4n) is 4.19. The number of hydrogen-bond donors (Lipinski definition) is 1. The summed E-state index contributed by atoms with van der Waals surface area (Å²) in [4.78, 5) is 14.1. The summed E-state index contributed by atoms with van der Waals surface area (Å²) in [6.45, 7) is 2.85. The van der Waals surface area contributed by atoms with Crippen molar-refractivity contribution in [2.75, 3.05) is 31.1 Å². The molecule has 5 nitrogen and oxygen atoms in total. The number of anilines is 1. The molecule has 2 atom stereocenters. The quantitative estimate of drug-likeness (QED) is 0.693. The number of piperazine rings is 1. The molecule has 1 heterocycles. The Hall–Kier alpha value is -1.44. The van der Waals surface area contributed by atoms with Crippen molar-refractivity contribution in [2.24, 2.45) is 5.92 Å². The van der Waals surface area contributed by atoms with Gasteiger partial charge in [-0.1, -0.05) is 35.3 Å². The van der Waals surface area contributed by atoms with Crippen LogP contribution in [0.25, 0.3) is 0 Å². The summed E-state index contributed by atoms with van der Waals surface area (Å²) in [6.07, 6.45) is 1.59. The van der Waals surface area contributed by atoms with Gasteiger partial charge in [0.2, 0.25) is 0 Å². The number of aliphatic carboxylic acids is 1. The first-order chi connectivity index (χ1) is 13.9. The van der Waals surface area contributed by atoms with Gasteiger partial charge in [-0.15, -0.1) is 4.31 Å². The minimum Gasteiger partial charge on any atom is -0.593 e. The number of rotatable bonds is 5. The maximum absolute atomic E-state index is 13.3. The number of carboxylic acids is 1. The lowest BCUT2D eigenvalue weighted by Crippen LogP contribution is -2.48. The third-order valence-electron chi connectivity index (χ3n) is 5.62. The lowest BCUT2D eigenvalue weighted by Gasteiger charge is -2.35. The monoisotopic (exact) mass is 452 g/mol. The fraction of sp³-hybridized carbons (Fsp3) is 0.381. The second kappa shape index (κ2) is 8.74. The Morgan fingerprint density at radius 3 is 2.55 bits per heavy atom. The van der Waals surface area contributed by atoms with E-state index >= 15 is 0 Å². The van der Waals surface area contributed by atoms with Crippen LogP contribution in [0.15, 0.2) is 41.3 Å². The molecule has 1 fully saturated rings. The maximum Gasteiger partial charge on any atom is 0.303 e. The van der Waals surface area contributed by atoms with E-state index in [1.165, 1.54) is 0 Å². The van der Waals surface area contributed by atoms with Crippen molar-refractivity contribution in [1.29, 1.82) is 0 Å². The van der Waals surface area contributed by atoms with Crippen LogP contribution < -0.4 is 4.90 Å². The van der Waals surface area contributed by atoms with E-state index in [-0.39, 0.29) is 12.3 Å². The molecule has 2 aliphatic rings. The first kappa shape index (κ1) is 20.8. The summed E-state index contributed by atoms with van der Waals surface area (Å²) in [5.74, 6) is -0.684. The van der Waals surface area contributed by atoms with Gasteiger partial charge in [0.05, 0.1) is 34.5 Å². The summed E-state index contributed by atoms with van der Waals surface area (Å²) in [5.41, 5.74) is 3.22. The van der Waals surface area contributed by atoms with Gasteiger partial charge in [-0.05, 0) is 48.6 Å². The van der Waals surface area contributed by atoms with Crippen LogP contribution in [0, 0.1) is 5.92 Å². The van der Waals surface area contributed by atoms with Crippen LogP contribution in [0.2, 0.25) is 10.0 Å². The maximum atomic E-state index is 13.3. The topological polar surface area (TPSA) is 66.8 Å². The van der Waals surface area contributed by atoms with Gasteiger partial charge in [-0.2, -0.15) is 0 Å². The molecular formula is C21H22Cl2N2O3S. The first-order valence-electron chi connectivity index (χ1n) is 9.62. The van der Waals surface area contributed by atoms with Crippen molar-refractivity contribution in [3.05, 3.63) is 57.6 Å². The van der Waals surface area contributed by atoms with Gasteiger partial charge in [0.25, 0.3) is 0 Å². The summed E-state index contributed by atoms with van der Waals surface area (Å²) in [5, 5.41) is 10.2. The lowest BCUT2D eigenvalue weighted by atomic mass is 10.0. The first-order valence-corrected chi connectivity index (χ1v) is 11.5. The van der Waals surface area contributed by atoms with Crippen LogP contribution in [0.1, 0.15) is 17.5 Å². The second-order valence-corrected chi connectivity index (χ2v) is 9.80. The lowest BCUT2D eigenvalue weighted by molar-refractivity contribution is -0.138. The van der Waals surface area contributed by atoms with Gasteiger partial charge in [0.1, 0.15) is 0 Å². The Kier molecular flexibility index (Phi) is 6.27. The smallest absolute Gasteiger partial charge is 0.303 e. The zero-order valence-electron chi connectivity index (χ0n) is 15.8. The van der Waals surface area contributed by atoms with E-state index in [1.54, 1.807) is 6.07 Å². The number of nitrogens with zero attached hydrogens (tertiary/aromatic N) is 2. The molecule has 1 saturated heterocycles. The zero-order chi connectivity index (χ0) is 20.5. The average Bonchev–Trinajstić information content (AvgIpc) is 3.11. The Balaban J connectivity index is 1.43. The molecule has 2 aromatic carbocycles. The summed E-state index contributed by atoms with van der Waals surface area (Å²) in [7, 11) is 0. The van der Waals surface area contributed by atoms with E-state index in [0.717, 1.165) is 41.2 Å². The molecule has 0 saturated carbocycles. The molecule has 2 unspecified atom stereocenters.